The summed E-state index contributed by atoms with van der Waals surface area (Å²) in [5, 5.41) is 4.06. The molecule has 2 unspecified atom stereocenters. The second kappa shape index (κ2) is 6.79. The lowest BCUT2D eigenvalue weighted by Crippen LogP contribution is -2.19. The summed E-state index contributed by atoms with van der Waals surface area (Å²) in [4.78, 5) is 12.3. The summed E-state index contributed by atoms with van der Waals surface area (Å²) < 4.78 is 5.40. The van der Waals surface area contributed by atoms with Crippen LogP contribution in [0.5, 0.6) is 6.01 Å². The van der Waals surface area contributed by atoms with Crippen LogP contribution in [0.25, 0.3) is 0 Å². The Morgan fingerprint density at radius 2 is 2.21 bits per heavy atom. The number of anilines is 2. The van der Waals surface area contributed by atoms with Crippen molar-refractivity contribution in [2.45, 2.75) is 43.9 Å². The van der Waals surface area contributed by atoms with Crippen molar-refractivity contribution in [1.82, 2.24) is 15.0 Å². The van der Waals surface area contributed by atoms with Gasteiger partial charge in [-0.05, 0) is 31.9 Å². The molecule has 0 aliphatic heterocycles. The molecule has 1 aromatic heterocycles. The Morgan fingerprint density at radius 3 is 2.89 bits per heavy atom. The first-order chi connectivity index (χ1) is 9.21. The van der Waals surface area contributed by atoms with Crippen LogP contribution in [-0.2, 0) is 0 Å². The molecule has 0 radical (unpaired) electrons. The Bertz CT molecular complexity index is 417. The lowest BCUT2D eigenvalue weighted by Gasteiger charge is -2.13. The maximum absolute atomic E-state index is 5.67. The minimum Gasteiger partial charge on any atom is -0.463 e. The van der Waals surface area contributed by atoms with Crippen molar-refractivity contribution < 1.29 is 4.74 Å². The number of thioether (sulfide) groups is 1. The maximum atomic E-state index is 5.67. The average molecular weight is 283 g/mol. The third kappa shape index (κ3) is 4.12. The summed E-state index contributed by atoms with van der Waals surface area (Å²) >= 11 is 1.92. The first-order valence-corrected chi connectivity index (χ1v) is 7.93. The second-order valence-electron chi connectivity index (χ2n) is 4.66. The lowest BCUT2D eigenvalue weighted by molar-refractivity contribution is 0.292. The molecular formula is C12H21N5OS. The van der Waals surface area contributed by atoms with Crippen molar-refractivity contribution in [1.29, 1.82) is 0 Å². The fourth-order valence-corrected chi connectivity index (χ4v) is 2.96. The SMILES string of the molecule is CCCOc1nc(N)nc(NC2CCC(SC)C2)n1. The molecule has 1 fully saturated rings. The van der Waals surface area contributed by atoms with Gasteiger partial charge in [0.1, 0.15) is 0 Å². The van der Waals surface area contributed by atoms with E-state index in [4.69, 9.17) is 10.5 Å². The van der Waals surface area contributed by atoms with E-state index in [1.165, 1.54) is 6.42 Å². The third-order valence-corrected chi connectivity index (χ3v) is 4.21. The first-order valence-electron chi connectivity index (χ1n) is 6.65. The Morgan fingerprint density at radius 1 is 1.37 bits per heavy atom. The van der Waals surface area contributed by atoms with E-state index >= 15 is 0 Å². The average Bonchev–Trinajstić information content (AvgIpc) is 2.83. The van der Waals surface area contributed by atoms with Crippen LogP contribution in [0.3, 0.4) is 0 Å². The van der Waals surface area contributed by atoms with Gasteiger partial charge in [-0.3, -0.25) is 0 Å². The van der Waals surface area contributed by atoms with Gasteiger partial charge >= 0.3 is 6.01 Å². The molecule has 2 rings (SSSR count). The van der Waals surface area contributed by atoms with Crippen molar-refractivity contribution in [3.8, 4) is 6.01 Å². The second-order valence-corrected chi connectivity index (χ2v) is 5.80. The number of nitrogens with two attached hydrogens (primary N) is 1. The van der Waals surface area contributed by atoms with E-state index in [1.807, 2.05) is 18.7 Å². The zero-order valence-corrected chi connectivity index (χ0v) is 12.2. The van der Waals surface area contributed by atoms with Crippen molar-refractivity contribution in [2.75, 3.05) is 23.9 Å². The molecule has 0 spiro atoms. The maximum Gasteiger partial charge on any atom is 0.323 e. The molecule has 3 N–H and O–H groups in total. The molecule has 0 saturated heterocycles. The summed E-state index contributed by atoms with van der Waals surface area (Å²) in [7, 11) is 0. The van der Waals surface area contributed by atoms with Crippen LogP contribution in [0.15, 0.2) is 0 Å². The fourth-order valence-electron chi connectivity index (χ4n) is 2.16. The van der Waals surface area contributed by atoms with E-state index in [0.717, 1.165) is 24.5 Å². The molecule has 1 saturated carbocycles. The Balaban J connectivity index is 1.97. The molecule has 1 heterocycles. The normalized spacial score (nSPS) is 22.4. The number of hydrogen-bond donors (Lipinski definition) is 2. The topological polar surface area (TPSA) is 86.0 Å². The van der Waals surface area contributed by atoms with E-state index in [2.05, 4.69) is 26.5 Å². The highest BCUT2D eigenvalue weighted by Crippen LogP contribution is 2.29. The number of ether oxygens (including phenoxy) is 1. The largest absolute Gasteiger partial charge is 0.463 e. The lowest BCUT2D eigenvalue weighted by atomic mass is 10.2. The standard InChI is InChI=1S/C12H21N5OS/c1-3-6-18-12-16-10(13)15-11(17-12)14-8-4-5-9(7-8)19-2/h8-9H,3-7H2,1-2H3,(H3,13,14,15,16,17). The van der Waals surface area contributed by atoms with Gasteiger partial charge in [0.2, 0.25) is 11.9 Å². The monoisotopic (exact) mass is 283 g/mol. The molecular weight excluding hydrogens is 262 g/mol. The van der Waals surface area contributed by atoms with E-state index < -0.39 is 0 Å². The van der Waals surface area contributed by atoms with E-state index in [1.54, 1.807) is 0 Å². The van der Waals surface area contributed by atoms with Gasteiger partial charge in [-0.25, -0.2) is 0 Å². The number of nitrogen functional groups attached to an aromatic ring is 1. The van der Waals surface area contributed by atoms with Crippen LogP contribution in [0.1, 0.15) is 32.6 Å². The number of nitrogens with one attached hydrogen (secondary N) is 1. The summed E-state index contributed by atoms with van der Waals surface area (Å²) in [6.45, 7) is 2.62. The molecule has 1 aliphatic rings. The summed E-state index contributed by atoms with van der Waals surface area (Å²) in [5.74, 6) is 0.716. The van der Waals surface area contributed by atoms with E-state index in [0.29, 0.717) is 24.6 Å². The zero-order chi connectivity index (χ0) is 13.7. The van der Waals surface area contributed by atoms with Gasteiger partial charge in [-0.15, -0.1) is 0 Å². The Labute approximate surface area is 117 Å². The molecule has 7 heteroatoms. The molecule has 0 bridgehead atoms. The molecule has 106 valence electrons. The predicted molar refractivity (Wildman–Crippen MR) is 78.6 cm³/mol. The van der Waals surface area contributed by atoms with Gasteiger partial charge in [0, 0.05) is 11.3 Å². The van der Waals surface area contributed by atoms with Crippen molar-refractivity contribution >= 4 is 23.7 Å². The van der Waals surface area contributed by atoms with Gasteiger partial charge in [-0.2, -0.15) is 26.7 Å². The van der Waals surface area contributed by atoms with Gasteiger partial charge in [-0.1, -0.05) is 6.92 Å². The van der Waals surface area contributed by atoms with Crippen LogP contribution in [0.4, 0.5) is 11.9 Å². The number of aromatic nitrogens is 3. The molecule has 19 heavy (non-hydrogen) atoms. The summed E-state index contributed by atoms with van der Waals surface area (Å²) in [6, 6.07) is 0.717. The molecule has 2 atom stereocenters. The fraction of sp³-hybridized carbons (Fsp3) is 0.750. The molecule has 0 aromatic carbocycles. The summed E-state index contributed by atoms with van der Waals surface area (Å²) in [5.41, 5.74) is 5.67. The Hall–Kier alpha value is -1.24. The Kier molecular flexibility index (Phi) is 5.07. The number of rotatable bonds is 6. The highest BCUT2D eigenvalue weighted by molar-refractivity contribution is 7.99. The van der Waals surface area contributed by atoms with Crippen LogP contribution in [0.2, 0.25) is 0 Å². The number of hydrogen-bond acceptors (Lipinski definition) is 7. The predicted octanol–water partition coefficient (Wildman–Crippen LogP) is 1.94. The van der Waals surface area contributed by atoms with Gasteiger partial charge in [0.15, 0.2) is 0 Å². The molecule has 1 aromatic rings. The highest BCUT2D eigenvalue weighted by Gasteiger charge is 2.24. The van der Waals surface area contributed by atoms with Crippen LogP contribution < -0.4 is 15.8 Å². The minimum atomic E-state index is 0.197. The van der Waals surface area contributed by atoms with E-state index in [-0.39, 0.29) is 5.95 Å². The van der Waals surface area contributed by atoms with Crippen molar-refractivity contribution in [3.63, 3.8) is 0 Å². The van der Waals surface area contributed by atoms with Crippen LogP contribution in [-0.4, -0.2) is 39.1 Å². The molecule has 6 nitrogen and oxygen atoms in total. The zero-order valence-electron chi connectivity index (χ0n) is 11.4. The van der Waals surface area contributed by atoms with Crippen molar-refractivity contribution in [3.05, 3.63) is 0 Å². The molecule has 1 aliphatic carbocycles. The van der Waals surface area contributed by atoms with E-state index in [9.17, 15) is 0 Å². The number of nitrogens with zero attached hydrogens (tertiary/aromatic N) is 3. The van der Waals surface area contributed by atoms with Crippen LogP contribution >= 0.6 is 11.8 Å². The summed E-state index contributed by atoms with van der Waals surface area (Å²) in [6.07, 6.45) is 6.58. The third-order valence-electron chi connectivity index (χ3n) is 3.12. The quantitative estimate of drug-likeness (QED) is 0.825. The smallest absolute Gasteiger partial charge is 0.323 e. The minimum absolute atomic E-state index is 0.197. The van der Waals surface area contributed by atoms with Gasteiger partial charge < -0.3 is 15.8 Å². The first kappa shape index (κ1) is 14.2. The highest BCUT2D eigenvalue weighted by atomic mass is 32.2. The molecule has 0 amide bonds. The van der Waals surface area contributed by atoms with Gasteiger partial charge in [0.25, 0.3) is 0 Å². The van der Waals surface area contributed by atoms with Crippen LogP contribution in [0, 0.1) is 0 Å². The van der Waals surface area contributed by atoms with Gasteiger partial charge in [0.05, 0.1) is 6.61 Å². The van der Waals surface area contributed by atoms with Crippen molar-refractivity contribution in [2.24, 2.45) is 0 Å².